The predicted molar refractivity (Wildman–Crippen MR) is 39.5 cm³/mol. The minimum atomic E-state index is 0. The van der Waals surface area contributed by atoms with E-state index in [1.165, 1.54) is 24.3 Å². The maximum absolute atomic E-state index is 3.19. The molecule has 0 saturated carbocycles. The Hall–Kier alpha value is -0.0800. The van der Waals surface area contributed by atoms with Crippen LogP contribution in [-0.4, -0.2) is 0 Å². The number of aromatic amines is 1. The average molecular weight is 178 g/mol. The van der Waals surface area contributed by atoms with Crippen LogP contribution in [0.2, 0.25) is 0 Å². The molecule has 0 unspecified atom stereocenters. The van der Waals surface area contributed by atoms with Gasteiger partial charge in [0.15, 0.2) is 6.20 Å². The summed E-state index contributed by atoms with van der Waals surface area (Å²) in [5.41, 5.74) is 0. The molecule has 0 aliphatic rings. The third-order valence-corrected chi connectivity index (χ3v) is 2.16. The number of aromatic nitrogens is 1. The van der Waals surface area contributed by atoms with E-state index in [2.05, 4.69) is 17.3 Å². The van der Waals surface area contributed by atoms with Crippen molar-refractivity contribution in [3.05, 3.63) is 16.6 Å². The molecule has 0 spiro atoms. The Bertz CT molecular complexity index is 151. The second-order valence-corrected chi connectivity index (χ2v) is 3.09. The van der Waals surface area contributed by atoms with Gasteiger partial charge in [0.05, 0.1) is 5.38 Å². The summed E-state index contributed by atoms with van der Waals surface area (Å²) < 4.78 is 0. The zero-order valence-electron chi connectivity index (χ0n) is 6.06. The zero-order valence-corrected chi connectivity index (χ0v) is 7.63. The first-order valence-electron chi connectivity index (χ1n) is 3.37. The summed E-state index contributed by atoms with van der Waals surface area (Å²) in [7, 11) is 0. The predicted octanol–water partition coefficient (Wildman–Crippen LogP) is -1.09. The standard InChI is InChI=1S/C7H11NS.ClH/c1-2-3-4-7-8-5-6-9-7;/h5-6H,2-4H2,1H3;1H. The first kappa shape index (κ1) is 9.92. The molecule has 1 aromatic rings. The van der Waals surface area contributed by atoms with Crippen molar-refractivity contribution < 1.29 is 17.4 Å². The second kappa shape index (κ2) is 5.69. The fourth-order valence-corrected chi connectivity index (χ4v) is 1.44. The van der Waals surface area contributed by atoms with Crippen molar-refractivity contribution in [3.8, 4) is 0 Å². The highest BCUT2D eigenvalue weighted by atomic mass is 35.5. The zero-order chi connectivity index (χ0) is 6.53. The Morgan fingerprint density at radius 1 is 1.60 bits per heavy atom. The van der Waals surface area contributed by atoms with Gasteiger partial charge in [0.1, 0.15) is 0 Å². The van der Waals surface area contributed by atoms with E-state index in [1.807, 2.05) is 17.5 Å². The van der Waals surface area contributed by atoms with Crippen molar-refractivity contribution in [2.45, 2.75) is 26.2 Å². The van der Waals surface area contributed by atoms with E-state index >= 15 is 0 Å². The molecule has 1 nitrogen and oxygen atoms in total. The highest BCUT2D eigenvalue weighted by molar-refractivity contribution is 7.09. The molecule has 0 fully saturated rings. The molecule has 0 saturated heterocycles. The van der Waals surface area contributed by atoms with Crippen LogP contribution in [0.4, 0.5) is 0 Å². The summed E-state index contributed by atoms with van der Waals surface area (Å²) in [6.45, 7) is 2.22. The van der Waals surface area contributed by atoms with E-state index in [-0.39, 0.29) is 12.4 Å². The number of rotatable bonds is 3. The van der Waals surface area contributed by atoms with Crippen LogP contribution in [0, 0.1) is 0 Å². The lowest BCUT2D eigenvalue weighted by molar-refractivity contribution is -0.382. The number of unbranched alkanes of at least 4 members (excludes halogenated alkanes) is 1. The summed E-state index contributed by atoms with van der Waals surface area (Å²) in [4.78, 5) is 3.19. The SMILES string of the molecule is CCCCc1[nH+]ccs1.[Cl-]. The molecule has 1 rings (SSSR count). The Kier molecular flexibility index (Phi) is 5.64. The Labute approximate surface area is 71.9 Å². The fourth-order valence-electron chi connectivity index (χ4n) is 0.746. The molecule has 1 aromatic heterocycles. The monoisotopic (exact) mass is 177 g/mol. The van der Waals surface area contributed by atoms with Crippen molar-refractivity contribution in [1.29, 1.82) is 0 Å². The Morgan fingerprint density at radius 3 is 2.90 bits per heavy atom. The van der Waals surface area contributed by atoms with Crippen LogP contribution in [-0.2, 0) is 6.42 Å². The number of hydrogen-bond donors (Lipinski definition) is 0. The Morgan fingerprint density at radius 2 is 2.40 bits per heavy atom. The van der Waals surface area contributed by atoms with E-state index < -0.39 is 0 Å². The fraction of sp³-hybridized carbons (Fsp3) is 0.571. The second-order valence-electron chi connectivity index (χ2n) is 2.09. The van der Waals surface area contributed by atoms with Gasteiger partial charge in [-0.05, 0) is 6.42 Å². The number of thiazole rings is 1. The number of H-pyrrole nitrogens is 1. The topological polar surface area (TPSA) is 14.1 Å². The first-order chi connectivity index (χ1) is 4.43. The van der Waals surface area contributed by atoms with Crippen LogP contribution < -0.4 is 17.4 Å². The maximum Gasteiger partial charge on any atom is 0.235 e. The summed E-state index contributed by atoms with van der Waals surface area (Å²) in [5, 5.41) is 3.49. The smallest absolute Gasteiger partial charge is 0.235 e. The largest absolute Gasteiger partial charge is 1.00 e. The first-order valence-corrected chi connectivity index (χ1v) is 4.25. The lowest BCUT2D eigenvalue weighted by Gasteiger charge is -1.84. The molecular weight excluding hydrogens is 166 g/mol. The molecule has 0 aliphatic carbocycles. The van der Waals surface area contributed by atoms with Gasteiger partial charge in [-0.3, -0.25) is 0 Å². The molecule has 0 aliphatic heterocycles. The third kappa shape index (κ3) is 3.18. The highest BCUT2D eigenvalue weighted by Gasteiger charge is 1.98. The molecule has 0 amide bonds. The minimum Gasteiger partial charge on any atom is -1.00 e. The molecule has 1 heterocycles. The van der Waals surface area contributed by atoms with E-state index in [0.717, 1.165) is 0 Å². The van der Waals surface area contributed by atoms with Crippen molar-refractivity contribution >= 4 is 11.3 Å². The molecule has 0 aromatic carbocycles. The number of nitrogens with one attached hydrogen (secondary N) is 1. The van der Waals surface area contributed by atoms with Gasteiger partial charge < -0.3 is 12.4 Å². The quantitative estimate of drug-likeness (QED) is 0.557. The van der Waals surface area contributed by atoms with Crippen molar-refractivity contribution in [3.63, 3.8) is 0 Å². The molecule has 0 radical (unpaired) electrons. The third-order valence-electron chi connectivity index (χ3n) is 1.28. The van der Waals surface area contributed by atoms with E-state index in [9.17, 15) is 0 Å². The number of aryl methyl sites for hydroxylation is 1. The van der Waals surface area contributed by atoms with E-state index in [4.69, 9.17) is 0 Å². The van der Waals surface area contributed by atoms with Gasteiger partial charge in [-0.15, -0.1) is 0 Å². The van der Waals surface area contributed by atoms with E-state index in [1.54, 1.807) is 0 Å². The van der Waals surface area contributed by atoms with Gasteiger partial charge in [0.2, 0.25) is 5.01 Å². The Balaban J connectivity index is 0.000000810. The summed E-state index contributed by atoms with van der Waals surface area (Å²) in [6.07, 6.45) is 5.80. The molecular formula is C7H12ClNS. The lowest BCUT2D eigenvalue weighted by atomic mass is 10.3. The molecule has 0 bridgehead atoms. The van der Waals surface area contributed by atoms with Crippen LogP contribution in [0.1, 0.15) is 24.8 Å². The molecule has 3 heteroatoms. The molecule has 0 atom stereocenters. The molecule has 58 valence electrons. The lowest BCUT2D eigenvalue weighted by Crippen LogP contribution is -3.00. The van der Waals surface area contributed by atoms with Gasteiger partial charge in [0.25, 0.3) is 0 Å². The van der Waals surface area contributed by atoms with Crippen molar-refractivity contribution in [2.24, 2.45) is 0 Å². The van der Waals surface area contributed by atoms with Crippen LogP contribution >= 0.6 is 11.3 Å². The van der Waals surface area contributed by atoms with Crippen molar-refractivity contribution in [1.82, 2.24) is 0 Å². The van der Waals surface area contributed by atoms with Gasteiger partial charge in [0, 0.05) is 6.42 Å². The maximum atomic E-state index is 3.19. The normalized spacial score (nSPS) is 8.90. The van der Waals surface area contributed by atoms with Crippen LogP contribution in [0.15, 0.2) is 11.6 Å². The summed E-state index contributed by atoms with van der Waals surface area (Å²) in [6, 6.07) is 0. The van der Waals surface area contributed by atoms with Crippen LogP contribution in [0.5, 0.6) is 0 Å². The minimum absolute atomic E-state index is 0. The van der Waals surface area contributed by atoms with Crippen LogP contribution in [0.3, 0.4) is 0 Å². The van der Waals surface area contributed by atoms with Crippen LogP contribution in [0.25, 0.3) is 0 Å². The highest BCUT2D eigenvalue weighted by Crippen LogP contribution is 2.03. The van der Waals surface area contributed by atoms with Crippen molar-refractivity contribution in [2.75, 3.05) is 0 Å². The summed E-state index contributed by atoms with van der Waals surface area (Å²) in [5.74, 6) is 0. The summed E-state index contributed by atoms with van der Waals surface area (Å²) >= 11 is 1.81. The van der Waals surface area contributed by atoms with Gasteiger partial charge >= 0.3 is 0 Å². The number of halogens is 1. The average Bonchev–Trinajstić information content (AvgIpc) is 2.34. The van der Waals surface area contributed by atoms with Gasteiger partial charge in [-0.1, -0.05) is 24.7 Å². The van der Waals surface area contributed by atoms with Gasteiger partial charge in [-0.25, -0.2) is 4.98 Å². The molecule has 10 heavy (non-hydrogen) atoms. The van der Waals surface area contributed by atoms with Gasteiger partial charge in [-0.2, -0.15) is 0 Å². The molecule has 1 N–H and O–H groups in total. The number of hydrogen-bond acceptors (Lipinski definition) is 1. The van der Waals surface area contributed by atoms with E-state index in [0.29, 0.717) is 0 Å².